The van der Waals surface area contributed by atoms with Crippen molar-refractivity contribution in [3.05, 3.63) is 36.3 Å². The maximum Gasteiger partial charge on any atom is 0.408 e. The number of hydrogen-bond donors (Lipinski definition) is 2. The SMILES string of the molecule is CC(Nc1c(-c2cc(F)c(O)cc2F)cnc2ncnn12)C(F)(F)F. The van der Waals surface area contributed by atoms with Crippen molar-refractivity contribution in [1.82, 2.24) is 19.6 Å². The fourth-order valence-electron chi connectivity index (χ4n) is 2.14. The van der Waals surface area contributed by atoms with Gasteiger partial charge >= 0.3 is 6.18 Å². The van der Waals surface area contributed by atoms with Crippen molar-refractivity contribution in [2.24, 2.45) is 0 Å². The first-order valence-corrected chi connectivity index (χ1v) is 6.89. The second-order valence-electron chi connectivity index (χ2n) is 5.18. The van der Waals surface area contributed by atoms with Crippen LogP contribution in [-0.4, -0.2) is 36.9 Å². The van der Waals surface area contributed by atoms with Crippen molar-refractivity contribution in [2.45, 2.75) is 19.1 Å². The lowest BCUT2D eigenvalue weighted by Gasteiger charge is -2.21. The highest BCUT2D eigenvalue weighted by Gasteiger charge is 2.37. The Morgan fingerprint density at radius 1 is 1.12 bits per heavy atom. The van der Waals surface area contributed by atoms with Gasteiger partial charge in [0, 0.05) is 23.4 Å². The molecule has 1 aromatic carbocycles. The highest BCUT2D eigenvalue weighted by Crippen LogP contribution is 2.34. The molecule has 0 aliphatic heterocycles. The van der Waals surface area contributed by atoms with E-state index in [0.717, 1.165) is 24.0 Å². The quantitative estimate of drug-likeness (QED) is 0.703. The van der Waals surface area contributed by atoms with Gasteiger partial charge < -0.3 is 10.4 Å². The fourth-order valence-corrected chi connectivity index (χ4v) is 2.14. The fraction of sp³-hybridized carbons (Fsp3) is 0.214. The molecule has 6 nitrogen and oxygen atoms in total. The van der Waals surface area contributed by atoms with Crippen LogP contribution in [0.25, 0.3) is 16.9 Å². The number of anilines is 1. The summed E-state index contributed by atoms with van der Waals surface area (Å²) >= 11 is 0. The van der Waals surface area contributed by atoms with E-state index in [1.807, 2.05) is 0 Å². The second kappa shape index (κ2) is 5.83. The monoisotopic (exact) mass is 359 g/mol. The zero-order valence-corrected chi connectivity index (χ0v) is 12.5. The number of aromatic hydroxyl groups is 1. The third kappa shape index (κ3) is 3.04. The van der Waals surface area contributed by atoms with Gasteiger partial charge in [-0.3, -0.25) is 0 Å². The van der Waals surface area contributed by atoms with Crippen molar-refractivity contribution in [3.8, 4) is 16.9 Å². The van der Waals surface area contributed by atoms with Crippen LogP contribution in [0, 0.1) is 11.6 Å². The topological polar surface area (TPSA) is 75.3 Å². The van der Waals surface area contributed by atoms with Gasteiger partial charge in [-0.05, 0) is 13.0 Å². The summed E-state index contributed by atoms with van der Waals surface area (Å²) in [4.78, 5) is 7.61. The number of nitrogens with zero attached hydrogens (tertiary/aromatic N) is 4. The van der Waals surface area contributed by atoms with Crippen LogP contribution in [0.1, 0.15) is 6.92 Å². The molecule has 2 aromatic heterocycles. The Morgan fingerprint density at radius 2 is 1.84 bits per heavy atom. The van der Waals surface area contributed by atoms with Gasteiger partial charge in [0.2, 0.25) is 0 Å². The molecule has 0 spiro atoms. The molecule has 1 unspecified atom stereocenters. The molecular formula is C14H10F5N5O. The van der Waals surface area contributed by atoms with Gasteiger partial charge in [0.25, 0.3) is 5.78 Å². The molecule has 3 aromatic rings. The number of hydrogen-bond acceptors (Lipinski definition) is 5. The molecule has 0 saturated heterocycles. The van der Waals surface area contributed by atoms with Crippen LogP contribution >= 0.6 is 0 Å². The van der Waals surface area contributed by atoms with E-state index in [1.165, 1.54) is 0 Å². The van der Waals surface area contributed by atoms with Crippen LogP contribution in [0.5, 0.6) is 5.75 Å². The van der Waals surface area contributed by atoms with Gasteiger partial charge in [-0.25, -0.2) is 13.8 Å². The Bertz CT molecular complexity index is 939. The first-order chi connectivity index (χ1) is 11.7. The average molecular weight is 359 g/mol. The highest BCUT2D eigenvalue weighted by molar-refractivity contribution is 5.77. The van der Waals surface area contributed by atoms with Crippen molar-refractivity contribution in [2.75, 3.05) is 5.32 Å². The molecule has 132 valence electrons. The van der Waals surface area contributed by atoms with Gasteiger partial charge in [0.1, 0.15) is 24.0 Å². The minimum Gasteiger partial charge on any atom is -0.505 e. The lowest BCUT2D eigenvalue weighted by atomic mass is 10.1. The number of alkyl halides is 3. The number of fused-ring (bicyclic) bond motifs is 1. The first kappa shape index (κ1) is 16.9. The van der Waals surface area contributed by atoms with E-state index in [4.69, 9.17) is 0 Å². The summed E-state index contributed by atoms with van der Waals surface area (Å²) in [5, 5.41) is 15.1. The summed E-state index contributed by atoms with van der Waals surface area (Å²) in [6, 6.07) is -0.827. The molecule has 11 heteroatoms. The smallest absolute Gasteiger partial charge is 0.408 e. The predicted molar refractivity (Wildman–Crippen MR) is 76.9 cm³/mol. The first-order valence-electron chi connectivity index (χ1n) is 6.89. The van der Waals surface area contributed by atoms with Crippen LogP contribution in [-0.2, 0) is 0 Å². The zero-order chi connectivity index (χ0) is 18.4. The summed E-state index contributed by atoms with van der Waals surface area (Å²) in [5.74, 6) is -3.39. The molecule has 25 heavy (non-hydrogen) atoms. The van der Waals surface area contributed by atoms with Crippen LogP contribution in [0.3, 0.4) is 0 Å². The molecule has 0 aliphatic rings. The van der Waals surface area contributed by atoms with E-state index in [1.54, 1.807) is 0 Å². The largest absolute Gasteiger partial charge is 0.505 e. The number of aromatic nitrogens is 4. The Morgan fingerprint density at radius 3 is 2.52 bits per heavy atom. The second-order valence-corrected chi connectivity index (χ2v) is 5.18. The summed E-state index contributed by atoms with van der Waals surface area (Å²) in [6.45, 7) is 0.862. The van der Waals surface area contributed by atoms with Gasteiger partial charge in [-0.1, -0.05) is 0 Å². The van der Waals surface area contributed by atoms with Gasteiger partial charge in [-0.15, -0.1) is 0 Å². The molecule has 2 heterocycles. The van der Waals surface area contributed by atoms with Gasteiger partial charge in [0.15, 0.2) is 11.6 Å². The van der Waals surface area contributed by atoms with Gasteiger partial charge in [-0.2, -0.15) is 27.8 Å². The maximum absolute atomic E-state index is 14.1. The molecule has 0 bridgehead atoms. The number of rotatable bonds is 3. The molecule has 0 radical (unpaired) electrons. The molecule has 0 fully saturated rings. The van der Waals surface area contributed by atoms with Crippen LogP contribution in [0.15, 0.2) is 24.7 Å². The van der Waals surface area contributed by atoms with Crippen molar-refractivity contribution in [1.29, 1.82) is 0 Å². The third-order valence-electron chi connectivity index (χ3n) is 3.48. The zero-order valence-electron chi connectivity index (χ0n) is 12.5. The molecule has 3 rings (SSSR count). The van der Waals surface area contributed by atoms with Crippen LogP contribution in [0.2, 0.25) is 0 Å². The highest BCUT2D eigenvalue weighted by atomic mass is 19.4. The summed E-state index contributed by atoms with van der Waals surface area (Å²) < 4.78 is 67.4. The Balaban J connectivity index is 2.22. The molecule has 2 N–H and O–H groups in total. The van der Waals surface area contributed by atoms with Crippen molar-refractivity contribution >= 4 is 11.6 Å². The minimum absolute atomic E-state index is 0.0275. The minimum atomic E-state index is -4.59. The third-order valence-corrected chi connectivity index (χ3v) is 3.48. The van der Waals surface area contributed by atoms with E-state index in [9.17, 15) is 27.1 Å². The number of benzene rings is 1. The summed E-state index contributed by atoms with van der Waals surface area (Å²) in [7, 11) is 0. The van der Waals surface area contributed by atoms with E-state index < -0.39 is 35.2 Å². The number of phenols is 1. The normalized spacial score (nSPS) is 13.2. The molecule has 0 aliphatic carbocycles. The number of halogens is 5. The average Bonchev–Trinajstić information content (AvgIpc) is 2.99. The standard InChI is InChI=1S/C14H10F5N5O/c1-6(14(17,18)19)23-12-8(4-20-13-21-5-22-24(12)13)7-2-10(16)11(25)3-9(7)15/h2-6,23,25H,1H3. The van der Waals surface area contributed by atoms with Crippen LogP contribution < -0.4 is 5.32 Å². The molecule has 0 saturated carbocycles. The van der Waals surface area contributed by atoms with Crippen LogP contribution in [0.4, 0.5) is 27.8 Å². The van der Waals surface area contributed by atoms with E-state index in [0.29, 0.717) is 12.1 Å². The number of phenolic OH excluding ortho intramolecular Hbond substituents is 1. The van der Waals surface area contributed by atoms with E-state index in [-0.39, 0.29) is 17.2 Å². The van der Waals surface area contributed by atoms with Gasteiger partial charge in [0.05, 0.1) is 0 Å². The van der Waals surface area contributed by atoms with E-state index >= 15 is 0 Å². The summed E-state index contributed by atoms with van der Waals surface area (Å²) in [6.07, 6.45) is -2.49. The van der Waals surface area contributed by atoms with Crippen molar-refractivity contribution in [3.63, 3.8) is 0 Å². The Kier molecular flexibility index (Phi) is 3.93. The summed E-state index contributed by atoms with van der Waals surface area (Å²) in [5.41, 5.74) is -0.567. The molecular weight excluding hydrogens is 349 g/mol. The van der Waals surface area contributed by atoms with Crippen molar-refractivity contribution < 1.29 is 27.1 Å². The Labute approximate surface area is 137 Å². The molecule has 0 amide bonds. The maximum atomic E-state index is 14.1. The molecule has 1 atom stereocenters. The number of nitrogens with one attached hydrogen (secondary N) is 1. The van der Waals surface area contributed by atoms with E-state index in [2.05, 4.69) is 20.4 Å². The Hall–Kier alpha value is -2.98. The lowest BCUT2D eigenvalue weighted by Crippen LogP contribution is -2.34. The predicted octanol–water partition coefficient (Wildman–Crippen LogP) is 3.14. The lowest BCUT2D eigenvalue weighted by molar-refractivity contribution is -0.138.